The number of hydrogen-bond acceptors (Lipinski definition) is 3. The first-order valence-electron chi connectivity index (χ1n) is 8.63. The van der Waals surface area contributed by atoms with Gasteiger partial charge in [0.15, 0.2) is 0 Å². The number of halogens is 3. The molecule has 1 heterocycles. The molecule has 0 spiro atoms. The van der Waals surface area contributed by atoms with Gasteiger partial charge in [0.1, 0.15) is 0 Å². The van der Waals surface area contributed by atoms with Crippen LogP contribution < -0.4 is 0 Å². The Morgan fingerprint density at radius 3 is 2.30 bits per heavy atom. The Kier molecular flexibility index (Phi) is 6.76. The predicted molar refractivity (Wildman–Crippen MR) is 91.5 cm³/mol. The molecule has 0 aliphatic carbocycles. The largest absolute Gasteiger partial charge is 0.481 e. The van der Waals surface area contributed by atoms with Crippen LogP contribution in [0, 0.1) is 0 Å². The molecule has 0 atom stereocenters. The number of hydrogen-bond donors (Lipinski definition) is 1. The number of aliphatic carboxylic acids is 1. The summed E-state index contributed by atoms with van der Waals surface area (Å²) in [5, 5.41) is 8.56. The van der Waals surface area contributed by atoms with Crippen molar-refractivity contribution >= 4 is 23.9 Å². The third-order valence-corrected chi connectivity index (χ3v) is 4.26. The van der Waals surface area contributed by atoms with Crippen molar-refractivity contribution in [1.82, 2.24) is 4.90 Å². The molecule has 1 saturated heterocycles. The molecule has 1 fully saturated rings. The van der Waals surface area contributed by atoms with Gasteiger partial charge in [-0.2, -0.15) is 13.2 Å². The van der Waals surface area contributed by atoms with Gasteiger partial charge in [-0.15, -0.1) is 0 Å². The number of amides is 2. The molecule has 0 bridgehead atoms. The lowest BCUT2D eigenvalue weighted by Gasteiger charge is -2.13. The lowest BCUT2D eigenvalue weighted by molar-refractivity contribution is -0.138. The molecule has 0 radical (unpaired) electrons. The van der Waals surface area contributed by atoms with Gasteiger partial charge in [0, 0.05) is 18.5 Å². The van der Waals surface area contributed by atoms with Crippen molar-refractivity contribution in [2.45, 2.75) is 44.7 Å². The van der Waals surface area contributed by atoms with Crippen molar-refractivity contribution in [3.05, 3.63) is 41.0 Å². The highest BCUT2D eigenvalue weighted by Crippen LogP contribution is 2.30. The van der Waals surface area contributed by atoms with Crippen LogP contribution in [-0.2, 0) is 20.6 Å². The lowest BCUT2D eigenvalue weighted by atomic mass is 10.1. The van der Waals surface area contributed by atoms with Crippen LogP contribution in [0.5, 0.6) is 0 Å². The van der Waals surface area contributed by atoms with Gasteiger partial charge in [-0.1, -0.05) is 25.0 Å². The van der Waals surface area contributed by atoms with E-state index in [9.17, 15) is 27.6 Å². The minimum Gasteiger partial charge on any atom is -0.481 e. The highest BCUT2D eigenvalue weighted by molar-refractivity contribution is 6.15. The number of nitrogens with zero attached hydrogens (tertiary/aromatic N) is 1. The summed E-state index contributed by atoms with van der Waals surface area (Å²) in [5.41, 5.74) is -0.0942. The van der Waals surface area contributed by atoms with E-state index in [4.69, 9.17) is 5.11 Å². The lowest BCUT2D eigenvalue weighted by Crippen LogP contribution is -2.30. The molecule has 2 rings (SSSR count). The minimum absolute atomic E-state index is 0.0706. The van der Waals surface area contributed by atoms with Crippen molar-refractivity contribution in [3.63, 3.8) is 0 Å². The third-order valence-electron chi connectivity index (χ3n) is 4.26. The number of carboxylic acids is 1. The van der Waals surface area contributed by atoms with E-state index in [0.717, 1.165) is 17.0 Å². The van der Waals surface area contributed by atoms with Crippen LogP contribution >= 0.6 is 0 Å². The first-order chi connectivity index (χ1) is 12.7. The van der Waals surface area contributed by atoms with Crippen LogP contribution in [0.2, 0.25) is 0 Å². The number of carbonyl (C=O) groups is 3. The summed E-state index contributed by atoms with van der Waals surface area (Å²) in [6, 6.07) is 4.39. The molecule has 1 aromatic rings. The Bertz CT molecular complexity index is 738. The number of likely N-dealkylation sites (tertiary alicyclic amines) is 1. The maximum Gasteiger partial charge on any atom is 0.416 e. The molecule has 0 unspecified atom stereocenters. The van der Waals surface area contributed by atoms with Crippen LogP contribution in [0.4, 0.5) is 13.2 Å². The Labute approximate surface area is 154 Å². The number of carbonyl (C=O) groups excluding carboxylic acids is 2. The third kappa shape index (κ3) is 5.94. The molecule has 1 aliphatic heterocycles. The van der Waals surface area contributed by atoms with Gasteiger partial charge in [0.2, 0.25) is 5.91 Å². The number of rotatable bonds is 8. The van der Waals surface area contributed by atoms with E-state index in [0.29, 0.717) is 31.2 Å². The van der Waals surface area contributed by atoms with Gasteiger partial charge >= 0.3 is 12.1 Å². The van der Waals surface area contributed by atoms with Crippen molar-refractivity contribution in [3.8, 4) is 0 Å². The molecule has 0 saturated carbocycles. The fourth-order valence-corrected chi connectivity index (χ4v) is 2.83. The standard InChI is InChI=1S/C19H20F3NO4/c20-19(21,22)15-8-6-13(7-9-15)11-14-12-16(24)23(18(14)27)10-4-2-1-3-5-17(25)26/h6-9,11H,1-5,10,12H2,(H,25,26)/b14-11+. The average molecular weight is 383 g/mol. The molecule has 1 aromatic carbocycles. The molecule has 2 amide bonds. The molecule has 1 N–H and O–H groups in total. The SMILES string of the molecule is O=C(O)CCCCCCN1C(=O)C/C(=C\c2ccc(C(F)(F)F)cc2)C1=O. The summed E-state index contributed by atoms with van der Waals surface area (Å²) in [5.74, 6) is -1.60. The monoisotopic (exact) mass is 383 g/mol. The quantitative estimate of drug-likeness (QED) is 0.420. The second-order valence-electron chi connectivity index (χ2n) is 6.37. The van der Waals surface area contributed by atoms with Crippen molar-refractivity contribution in [2.75, 3.05) is 6.54 Å². The summed E-state index contributed by atoms with van der Waals surface area (Å²) in [7, 11) is 0. The van der Waals surface area contributed by atoms with Crippen molar-refractivity contribution in [2.24, 2.45) is 0 Å². The number of imide groups is 1. The van der Waals surface area contributed by atoms with Crippen LogP contribution in [0.1, 0.15) is 49.7 Å². The van der Waals surface area contributed by atoms with Crippen LogP contribution in [0.25, 0.3) is 6.08 Å². The molecular weight excluding hydrogens is 363 g/mol. The minimum atomic E-state index is -4.42. The number of benzene rings is 1. The summed E-state index contributed by atoms with van der Waals surface area (Å²) in [6.45, 7) is 0.259. The van der Waals surface area contributed by atoms with Gasteiger partial charge in [-0.3, -0.25) is 19.3 Å². The van der Waals surface area contributed by atoms with Gasteiger partial charge in [0.25, 0.3) is 5.91 Å². The van der Waals surface area contributed by atoms with E-state index >= 15 is 0 Å². The Hall–Kier alpha value is -2.64. The smallest absolute Gasteiger partial charge is 0.416 e. The summed E-state index contributed by atoms with van der Waals surface area (Å²) >= 11 is 0. The molecule has 146 valence electrons. The fourth-order valence-electron chi connectivity index (χ4n) is 2.83. The molecule has 1 aliphatic rings. The highest BCUT2D eigenvalue weighted by atomic mass is 19.4. The average Bonchev–Trinajstić information content (AvgIpc) is 2.84. The van der Waals surface area contributed by atoms with Gasteiger partial charge in [-0.25, -0.2) is 0 Å². The number of carboxylic acid groups (broad SMARTS) is 1. The summed E-state index contributed by atoms with van der Waals surface area (Å²) < 4.78 is 37.7. The molecule has 0 aromatic heterocycles. The van der Waals surface area contributed by atoms with E-state index < -0.39 is 23.6 Å². The van der Waals surface area contributed by atoms with E-state index in [-0.39, 0.29) is 30.9 Å². The van der Waals surface area contributed by atoms with E-state index in [1.54, 1.807) is 0 Å². The predicted octanol–water partition coefficient (Wildman–Crippen LogP) is 3.88. The molecule has 5 nitrogen and oxygen atoms in total. The highest BCUT2D eigenvalue weighted by Gasteiger charge is 2.33. The number of alkyl halides is 3. The Morgan fingerprint density at radius 2 is 1.70 bits per heavy atom. The van der Waals surface area contributed by atoms with Crippen molar-refractivity contribution < 1.29 is 32.7 Å². The molecule has 8 heteroatoms. The van der Waals surface area contributed by atoms with Gasteiger partial charge in [-0.05, 0) is 36.6 Å². The fraction of sp³-hybridized carbons (Fsp3) is 0.421. The summed E-state index contributed by atoms with van der Waals surface area (Å²) in [4.78, 5) is 35.9. The normalized spacial score (nSPS) is 16.4. The van der Waals surface area contributed by atoms with E-state index in [2.05, 4.69) is 0 Å². The zero-order valence-electron chi connectivity index (χ0n) is 14.6. The van der Waals surface area contributed by atoms with Crippen LogP contribution in [0.3, 0.4) is 0 Å². The maximum atomic E-state index is 12.6. The molecule has 27 heavy (non-hydrogen) atoms. The van der Waals surface area contributed by atoms with E-state index in [1.165, 1.54) is 18.2 Å². The Balaban J connectivity index is 1.91. The molecular formula is C19H20F3NO4. The first kappa shape index (κ1) is 20.7. The second kappa shape index (κ2) is 8.83. The first-order valence-corrected chi connectivity index (χ1v) is 8.63. The van der Waals surface area contributed by atoms with E-state index in [1.807, 2.05) is 0 Å². The topological polar surface area (TPSA) is 74.7 Å². The maximum absolute atomic E-state index is 12.6. The zero-order valence-corrected chi connectivity index (χ0v) is 14.6. The van der Waals surface area contributed by atoms with Crippen LogP contribution in [0.15, 0.2) is 29.8 Å². The van der Waals surface area contributed by atoms with Gasteiger partial charge in [0.05, 0.1) is 12.0 Å². The van der Waals surface area contributed by atoms with Crippen LogP contribution in [-0.4, -0.2) is 34.3 Å². The van der Waals surface area contributed by atoms with Gasteiger partial charge < -0.3 is 5.11 Å². The number of unbranched alkanes of at least 4 members (excludes halogenated alkanes) is 3. The summed E-state index contributed by atoms with van der Waals surface area (Å²) in [6.07, 6.45) is -0.403. The van der Waals surface area contributed by atoms with Crippen molar-refractivity contribution in [1.29, 1.82) is 0 Å². The second-order valence-corrected chi connectivity index (χ2v) is 6.37. The Morgan fingerprint density at radius 1 is 1.07 bits per heavy atom. The zero-order chi connectivity index (χ0) is 20.0.